The smallest absolute Gasteiger partial charge is 0.268 e. The van der Waals surface area contributed by atoms with Gasteiger partial charge in [0.1, 0.15) is 6.33 Å². The second-order valence-corrected chi connectivity index (χ2v) is 8.95. The zero-order valence-electron chi connectivity index (χ0n) is 15.7. The van der Waals surface area contributed by atoms with E-state index in [1.807, 2.05) is 0 Å². The van der Waals surface area contributed by atoms with Gasteiger partial charge >= 0.3 is 0 Å². The molecule has 3 N–H and O–H groups in total. The predicted molar refractivity (Wildman–Crippen MR) is 99.8 cm³/mol. The molecule has 1 aromatic rings. The third-order valence-electron chi connectivity index (χ3n) is 6.77. The van der Waals surface area contributed by atoms with Crippen LogP contribution in [0.4, 0.5) is 0 Å². The Morgan fingerprint density at radius 1 is 1.11 bits per heavy atom. The lowest BCUT2D eigenvalue weighted by molar-refractivity contribution is -0.0264. The van der Waals surface area contributed by atoms with Crippen molar-refractivity contribution in [2.45, 2.75) is 87.6 Å². The summed E-state index contributed by atoms with van der Waals surface area (Å²) >= 11 is 0. The van der Waals surface area contributed by atoms with Crippen LogP contribution in [0.3, 0.4) is 0 Å². The van der Waals surface area contributed by atoms with Gasteiger partial charge in [0.25, 0.3) is 5.91 Å². The minimum atomic E-state index is -0.187. The molecule has 1 amide bonds. The Kier molecular flexibility index (Phi) is 4.61. The zero-order chi connectivity index (χ0) is 18.3. The summed E-state index contributed by atoms with van der Waals surface area (Å²) in [5.41, 5.74) is 6.91. The Labute approximate surface area is 160 Å². The molecule has 146 valence electrons. The average molecular weight is 371 g/mol. The molecule has 0 aliphatic heterocycles. The zero-order valence-corrected chi connectivity index (χ0v) is 15.7. The number of hydrogen-bond donors (Lipinski definition) is 3. The van der Waals surface area contributed by atoms with Crippen molar-refractivity contribution in [3.05, 3.63) is 24.3 Å². The van der Waals surface area contributed by atoms with Gasteiger partial charge in [-0.05, 0) is 63.7 Å². The Hall–Kier alpha value is -1.57. The lowest BCUT2D eigenvalue weighted by Crippen LogP contribution is -2.61. The molecule has 5 saturated carbocycles. The van der Waals surface area contributed by atoms with E-state index in [9.17, 15) is 4.79 Å². The van der Waals surface area contributed by atoms with Crippen LogP contribution in [0.2, 0.25) is 0 Å². The molecule has 5 aliphatic carbocycles. The third-order valence-corrected chi connectivity index (χ3v) is 6.77. The number of ether oxygens (including phenoxy) is 1. The molecule has 0 spiro atoms. The van der Waals surface area contributed by atoms with Gasteiger partial charge in [-0.2, -0.15) is 0 Å². The van der Waals surface area contributed by atoms with Gasteiger partial charge in [-0.15, -0.1) is 0 Å². The van der Waals surface area contributed by atoms with Crippen molar-refractivity contribution < 1.29 is 9.53 Å². The third kappa shape index (κ3) is 3.86. The quantitative estimate of drug-likeness (QED) is 0.633. The number of carbonyl (C=O) groups excluding carboxylic acids is 1. The van der Waals surface area contributed by atoms with E-state index in [-0.39, 0.29) is 11.9 Å². The number of hydrazine groups is 1. The van der Waals surface area contributed by atoms with Crippen molar-refractivity contribution >= 4 is 5.91 Å². The van der Waals surface area contributed by atoms with E-state index in [1.54, 1.807) is 0 Å². The van der Waals surface area contributed by atoms with Crippen LogP contribution in [0, 0.1) is 5.92 Å². The first-order valence-electron chi connectivity index (χ1n) is 10.4. The van der Waals surface area contributed by atoms with Gasteiger partial charge in [-0.3, -0.25) is 10.2 Å². The minimum absolute atomic E-state index is 0.187. The highest BCUT2D eigenvalue weighted by atomic mass is 16.5. The molecule has 1 heterocycles. The Bertz CT molecular complexity index is 669. The van der Waals surface area contributed by atoms with E-state index in [1.165, 1.54) is 57.2 Å². The first-order valence-corrected chi connectivity index (χ1v) is 10.4. The fourth-order valence-corrected chi connectivity index (χ4v) is 5.21. The lowest BCUT2D eigenvalue weighted by Gasteiger charge is -2.46. The largest absolute Gasteiger partial charge is 0.373 e. The summed E-state index contributed by atoms with van der Waals surface area (Å²) in [6.07, 6.45) is 16.1. The molecule has 0 aromatic carbocycles. The maximum absolute atomic E-state index is 12.2. The standard InChI is InChI=1S/C20H29N5O2/c26-19(14-10-21-12-22-11-14)25-24-15-1-4-18(27-16-2-3-16)17(7-15)23-20-6-5-13(8-20)9-20/h10-13,15-18,23-24H,1-9H2,(H,25,26)/t13?,15-,17-,18-,20?/m1/s1. The van der Waals surface area contributed by atoms with E-state index >= 15 is 0 Å². The molecular weight excluding hydrogens is 342 g/mol. The summed E-state index contributed by atoms with van der Waals surface area (Å²) in [5.74, 6) is 0.762. The Morgan fingerprint density at radius 2 is 1.93 bits per heavy atom. The highest BCUT2D eigenvalue weighted by molar-refractivity contribution is 5.93. The number of rotatable bonds is 7. The van der Waals surface area contributed by atoms with Crippen molar-refractivity contribution in [2.75, 3.05) is 0 Å². The van der Waals surface area contributed by atoms with Gasteiger partial charge in [-0.25, -0.2) is 15.4 Å². The molecule has 1 aromatic heterocycles. The van der Waals surface area contributed by atoms with E-state index in [0.29, 0.717) is 29.4 Å². The van der Waals surface area contributed by atoms with Crippen LogP contribution >= 0.6 is 0 Å². The van der Waals surface area contributed by atoms with Gasteiger partial charge in [0.2, 0.25) is 0 Å². The summed E-state index contributed by atoms with van der Waals surface area (Å²) in [5, 5.41) is 3.99. The molecule has 7 heteroatoms. The second-order valence-electron chi connectivity index (χ2n) is 8.95. The van der Waals surface area contributed by atoms with Gasteiger partial charge in [0.15, 0.2) is 0 Å². The normalized spacial score (nSPS) is 37.6. The molecule has 6 rings (SSSR count). The minimum Gasteiger partial charge on any atom is -0.373 e. The van der Waals surface area contributed by atoms with Crippen molar-refractivity contribution in [3.63, 3.8) is 0 Å². The lowest BCUT2D eigenvalue weighted by atomic mass is 9.75. The van der Waals surface area contributed by atoms with Crippen molar-refractivity contribution in [1.29, 1.82) is 0 Å². The molecule has 3 atom stereocenters. The fraction of sp³-hybridized carbons (Fsp3) is 0.750. The molecule has 5 fully saturated rings. The SMILES string of the molecule is O=C(NN[C@@H]1CC[C@@H](OC2CC2)[C@H](NC23CCC(C2)C3)C1)c1cncnc1. The van der Waals surface area contributed by atoms with Gasteiger partial charge in [0.05, 0.1) is 17.8 Å². The highest BCUT2D eigenvalue weighted by Crippen LogP contribution is 2.52. The number of fused-ring (bicyclic) bond motifs is 1. The fourth-order valence-electron chi connectivity index (χ4n) is 5.21. The molecule has 0 saturated heterocycles. The molecule has 27 heavy (non-hydrogen) atoms. The van der Waals surface area contributed by atoms with Crippen LogP contribution in [0.15, 0.2) is 18.7 Å². The molecule has 0 radical (unpaired) electrons. The van der Waals surface area contributed by atoms with Crippen molar-refractivity contribution in [1.82, 2.24) is 26.1 Å². The molecule has 7 nitrogen and oxygen atoms in total. The van der Waals surface area contributed by atoms with Crippen LogP contribution in [0.5, 0.6) is 0 Å². The first-order chi connectivity index (χ1) is 13.2. The van der Waals surface area contributed by atoms with Crippen LogP contribution in [0.25, 0.3) is 0 Å². The second kappa shape index (κ2) is 7.11. The Morgan fingerprint density at radius 3 is 2.63 bits per heavy atom. The van der Waals surface area contributed by atoms with Gasteiger partial charge in [-0.1, -0.05) is 0 Å². The summed E-state index contributed by atoms with van der Waals surface area (Å²) in [6.45, 7) is 0. The summed E-state index contributed by atoms with van der Waals surface area (Å²) in [6, 6.07) is 0.622. The van der Waals surface area contributed by atoms with Crippen molar-refractivity contribution in [2.24, 2.45) is 5.92 Å². The van der Waals surface area contributed by atoms with Crippen LogP contribution in [0.1, 0.15) is 68.1 Å². The van der Waals surface area contributed by atoms with E-state index in [4.69, 9.17) is 4.74 Å². The monoisotopic (exact) mass is 371 g/mol. The highest BCUT2D eigenvalue weighted by Gasteiger charge is 2.52. The van der Waals surface area contributed by atoms with Crippen LogP contribution in [-0.2, 0) is 4.74 Å². The van der Waals surface area contributed by atoms with E-state index in [0.717, 1.165) is 25.2 Å². The van der Waals surface area contributed by atoms with Gasteiger partial charge < -0.3 is 10.1 Å². The first kappa shape index (κ1) is 17.5. The number of carbonyl (C=O) groups is 1. The van der Waals surface area contributed by atoms with E-state index in [2.05, 4.69) is 26.1 Å². The van der Waals surface area contributed by atoms with Crippen LogP contribution < -0.4 is 16.2 Å². The molecule has 0 unspecified atom stereocenters. The van der Waals surface area contributed by atoms with E-state index < -0.39 is 0 Å². The number of nitrogens with zero attached hydrogens (tertiary/aromatic N) is 2. The molecule has 2 bridgehead atoms. The maximum atomic E-state index is 12.2. The van der Waals surface area contributed by atoms with Crippen molar-refractivity contribution in [3.8, 4) is 0 Å². The average Bonchev–Trinajstić information content (AvgIpc) is 3.27. The number of nitrogens with one attached hydrogen (secondary N) is 3. The van der Waals surface area contributed by atoms with Crippen LogP contribution in [-0.4, -0.2) is 45.7 Å². The van der Waals surface area contributed by atoms with Gasteiger partial charge in [0, 0.05) is 30.0 Å². The maximum Gasteiger partial charge on any atom is 0.268 e. The number of aromatic nitrogens is 2. The predicted octanol–water partition coefficient (Wildman–Crippen LogP) is 1.71. The summed E-state index contributed by atoms with van der Waals surface area (Å²) in [4.78, 5) is 20.0. The topological polar surface area (TPSA) is 88.2 Å². The summed E-state index contributed by atoms with van der Waals surface area (Å²) < 4.78 is 6.34. The number of hydrogen-bond acceptors (Lipinski definition) is 6. The Balaban J connectivity index is 1.18. The molecular formula is C20H29N5O2. The number of amides is 1. The molecule has 5 aliphatic rings. The summed E-state index contributed by atoms with van der Waals surface area (Å²) in [7, 11) is 0.